The van der Waals surface area contributed by atoms with Crippen LogP contribution in [0, 0.1) is 0 Å². The fraction of sp³-hybridized carbons (Fsp3) is 0.200. The molecule has 2 nitrogen and oxygen atoms in total. The molecule has 3 heteroatoms. The third-order valence-corrected chi connectivity index (χ3v) is 2.83. The molecule has 0 saturated carbocycles. The summed E-state index contributed by atoms with van der Waals surface area (Å²) in [6.07, 6.45) is 1.68. The predicted octanol–water partition coefficient (Wildman–Crippen LogP) is 3.38. The SMILES string of the molecule is COc1c(CI)ccc2ccoc12. The van der Waals surface area contributed by atoms with Crippen LogP contribution in [0.4, 0.5) is 0 Å². The quantitative estimate of drug-likeness (QED) is 0.624. The Kier molecular flexibility index (Phi) is 2.44. The largest absolute Gasteiger partial charge is 0.492 e. The van der Waals surface area contributed by atoms with Crippen LogP contribution in [0.1, 0.15) is 5.56 Å². The summed E-state index contributed by atoms with van der Waals surface area (Å²) < 4.78 is 11.6. The van der Waals surface area contributed by atoms with Crippen LogP contribution in [0.5, 0.6) is 5.75 Å². The van der Waals surface area contributed by atoms with Crippen molar-refractivity contribution in [2.24, 2.45) is 0 Å². The highest BCUT2D eigenvalue weighted by atomic mass is 127. The van der Waals surface area contributed by atoms with Crippen molar-refractivity contribution in [3.05, 3.63) is 30.0 Å². The Labute approximate surface area is 90.0 Å². The Bertz CT molecular complexity index is 420. The highest BCUT2D eigenvalue weighted by Crippen LogP contribution is 2.31. The molecule has 68 valence electrons. The number of methoxy groups -OCH3 is 1. The van der Waals surface area contributed by atoms with Gasteiger partial charge in [0.15, 0.2) is 11.3 Å². The fourth-order valence-electron chi connectivity index (χ4n) is 1.38. The van der Waals surface area contributed by atoms with Gasteiger partial charge in [-0.15, -0.1) is 0 Å². The molecule has 0 amide bonds. The van der Waals surface area contributed by atoms with E-state index < -0.39 is 0 Å². The smallest absolute Gasteiger partial charge is 0.175 e. The van der Waals surface area contributed by atoms with Gasteiger partial charge in [0, 0.05) is 15.4 Å². The van der Waals surface area contributed by atoms with E-state index in [0.29, 0.717) is 0 Å². The maximum Gasteiger partial charge on any atom is 0.175 e. The summed E-state index contributed by atoms with van der Waals surface area (Å²) in [6.45, 7) is 0. The van der Waals surface area contributed by atoms with Crippen LogP contribution in [-0.4, -0.2) is 7.11 Å². The summed E-state index contributed by atoms with van der Waals surface area (Å²) in [5.74, 6) is 0.858. The van der Waals surface area contributed by atoms with Gasteiger partial charge in [-0.05, 0) is 6.07 Å². The zero-order valence-corrected chi connectivity index (χ0v) is 9.37. The molecular weight excluding hydrogens is 279 g/mol. The summed E-state index contributed by atoms with van der Waals surface area (Å²) in [5, 5.41) is 1.09. The fourth-order valence-corrected chi connectivity index (χ4v) is 1.98. The zero-order valence-electron chi connectivity index (χ0n) is 7.21. The van der Waals surface area contributed by atoms with Gasteiger partial charge in [0.2, 0.25) is 0 Å². The molecule has 1 aromatic heterocycles. The summed E-state index contributed by atoms with van der Waals surface area (Å²) >= 11 is 2.31. The number of hydrogen-bond acceptors (Lipinski definition) is 2. The lowest BCUT2D eigenvalue weighted by Crippen LogP contribution is -1.88. The van der Waals surface area contributed by atoms with Crippen molar-refractivity contribution in [3.8, 4) is 5.75 Å². The highest BCUT2D eigenvalue weighted by Gasteiger charge is 2.09. The molecule has 13 heavy (non-hydrogen) atoms. The molecule has 0 aliphatic carbocycles. The van der Waals surface area contributed by atoms with Crippen LogP contribution in [0.3, 0.4) is 0 Å². The van der Waals surface area contributed by atoms with Gasteiger partial charge in [-0.3, -0.25) is 0 Å². The molecule has 0 atom stereocenters. The number of benzene rings is 1. The first-order valence-corrected chi connectivity index (χ1v) is 5.48. The first kappa shape index (κ1) is 8.87. The zero-order chi connectivity index (χ0) is 9.26. The number of alkyl halides is 1. The Hall–Kier alpha value is -0.710. The summed E-state index contributed by atoms with van der Waals surface area (Å²) in [4.78, 5) is 0. The average Bonchev–Trinajstić information content (AvgIpc) is 2.63. The van der Waals surface area contributed by atoms with E-state index >= 15 is 0 Å². The van der Waals surface area contributed by atoms with Gasteiger partial charge in [-0.2, -0.15) is 0 Å². The van der Waals surface area contributed by atoms with Gasteiger partial charge in [-0.25, -0.2) is 0 Å². The van der Waals surface area contributed by atoms with Crippen LogP contribution in [0.15, 0.2) is 28.9 Å². The Morgan fingerprint density at radius 2 is 2.23 bits per heavy atom. The molecule has 0 fully saturated rings. The van der Waals surface area contributed by atoms with Crippen molar-refractivity contribution in [1.29, 1.82) is 0 Å². The van der Waals surface area contributed by atoms with Gasteiger partial charge < -0.3 is 9.15 Å². The van der Waals surface area contributed by atoms with Crippen LogP contribution in [-0.2, 0) is 4.43 Å². The van der Waals surface area contributed by atoms with Crippen molar-refractivity contribution in [3.63, 3.8) is 0 Å². The normalized spacial score (nSPS) is 10.6. The van der Waals surface area contributed by atoms with E-state index in [2.05, 4.69) is 34.7 Å². The van der Waals surface area contributed by atoms with E-state index in [-0.39, 0.29) is 0 Å². The molecule has 2 rings (SSSR count). The average molecular weight is 288 g/mol. The lowest BCUT2D eigenvalue weighted by atomic mass is 10.2. The predicted molar refractivity (Wildman–Crippen MR) is 60.5 cm³/mol. The molecule has 1 aromatic carbocycles. The lowest BCUT2D eigenvalue weighted by Gasteiger charge is -2.05. The van der Waals surface area contributed by atoms with Gasteiger partial charge >= 0.3 is 0 Å². The Balaban J connectivity index is 2.74. The van der Waals surface area contributed by atoms with Crippen molar-refractivity contribution in [2.75, 3.05) is 7.11 Å². The minimum Gasteiger partial charge on any atom is -0.492 e. The molecular formula is C10H9IO2. The molecule has 0 N–H and O–H groups in total. The molecule has 2 aromatic rings. The molecule has 0 bridgehead atoms. The molecule has 0 spiro atoms. The molecule has 0 aliphatic heterocycles. The molecule has 0 radical (unpaired) electrons. The van der Waals surface area contributed by atoms with E-state index in [1.165, 1.54) is 5.56 Å². The van der Waals surface area contributed by atoms with Gasteiger partial charge in [0.05, 0.1) is 13.4 Å². The standard InChI is InChI=1S/C10H9IO2/c1-12-9-8(6-11)3-2-7-4-5-13-10(7)9/h2-5H,6H2,1H3. The van der Waals surface area contributed by atoms with E-state index in [0.717, 1.165) is 21.1 Å². The number of hydrogen-bond donors (Lipinski definition) is 0. The minimum atomic E-state index is 0.844. The van der Waals surface area contributed by atoms with Crippen molar-refractivity contribution < 1.29 is 9.15 Å². The van der Waals surface area contributed by atoms with Crippen molar-refractivity contribution in [2.45, 2.75) is 4.43 Å². The third-order valence-electron chi connectivity index (χ3n) is 2.01. The summed E-state index contributed by atoms with van der Waals surface area (Å²) in [6, 6.07) is 6.06. The molecule has 0 aliphatic rings. The van der Waals surface area contributed by atoms with Crippen LogP contribution in [0.25, 0.3) is 11.0 Å². The Morgan fingerprint density at radius 3 is 2.92 bits per heavy atom. The molecule has 0 unspecified atom stereocenters. The summed E-state index contributed by atoms with van der Waals surface area (Å²) in [5.41, 5.74) is 2.02. The van der Waals surface area contributed by atoms with Crippen LogP contribution in [0.2, 0.25) is 0 Å². The second kappa shape index (κ2) is 3.57. The first-order valence-electron chi connectivity index (χ1n) is 3.96. The number of ether oxygens (including phenoxy) is 1. The lowest BCUT2D eigenvalue weighted by molar-refractivity contribution is 0.407. The highest BCUT2D eigenvalue weighted by molar-refractivity contribution is 14.1. The number of furan rings is 1. The number of rotatable bonds is 2. The van der Waals surface area contributed by atoms with Crippen LogP contribution >= 0.6 is 22.6 Å². The van der Waals surface area contributed by atoms with E-state index in [1.54, 1.807) is 13.4 Å². The van der Waals surface area contributed by atoms with Gasteiger partial charge in [-0.1, -0.05) is 34.7 Å². The minimum absolute atomic E-state index is 0.844. The van der Waals surface area contributed by atoms with E-state index in [4.69, 9.17) is 9.15 Å². The maximum absolute atomic E-state index is 5.35. The monoisotopic (exact) mass is 288 g/mol. The van der Waals surface area contributed by atoms with Crippen molar-refractivity contribution in [1.82, 2.24) is 0 Å². The first-order chi connectivity index (χ1) is 6.36. The second-order valence-corrected chi connectivity index (χ2v) is 3.49. The number of fused-ring (bicyclic) bond motifs is 1. The van der Waals surface area contributed by atoms with Crippen LogP contribution < -0.4 is 4.74 Å². The number of halogens is 1. The molecule has 1 heterocycles. The van der Waals surface area contributed by atoms with Gasteiger partial charge in [0.1, 0.15) is 0 Å². The van der Waals surface area contributed by atoms with E-state index in [1.807, 2.05) is 6.07 Å². The van der Waals surface area contributed by atoms with Gasteiger partial charge in [0.25, 0.3) is 0 Å². The topological polar surface area (TPSA) is 22.4 Å². The third kappa shape index (κ3) is 1.41. The Morgan fingerprint density at radius 1 is 1.38 bits per heavy atom. The second-order valence-electron chi connectivity index (χ2n) is 2.73. The molecule has 0 saturated heterocycles. The van der Waals surface area contributed by atoms with E-state index in [9.17, 15) is 0 Å². The van der Waals surface area contributed by atoms with Crippen molar-refractivity contribution >= 4 is 33.6 Å². The maximum atomic E-state index is 5.35. The summed E-state index contributed by atoms with van der Waals surface area (Å²) in [7, 11) is 1.67.